The molecule has 0 fully saturated rings. The van der Waals surface area contributed by atoms with Crippen LogP contribution in [0.3, 0.4) is 0 Å². The highest BCUT2D eigenvalue weighted by molar-refractivity contribution is 6.06. The van der Waals surface area contributed by atoms with Gasteiger partial charge in [0.15, 0.2) is 0 Å². The van der Waals surface area contributed by atoms with Crippen molar-refractivity contribution in [2.45, 2.75) is 26.7 Å². The van der Waals surface area contributed by atoms with E-state index in [2.05, 4.69) is 38.0 Å². The van der Waals surface area contributed by atoms with Gasteiger partial charge in [-0.3, -0.25) is 0 Å². The van der Waals surface area contributed by atoms with Crippen LogP contribution in [0.15, 0.2) is 62.9 Å². The Morgan fingerprint density at radius 1 is 0.909 bits per heavy atom. The van der Waals surface area contributed by atoms with Crippen LogP contribution in [-0.4, -0.2) is 29.4 Å². The molecule has 1 unspecified atom stereocenters. The molecule has 0 saturated heterocycles. The standard InChI is InChI=1S/C22H28N10O/c1-12-3-4-15-7-10-17(11-18(15)19(12)30-32-21(25)26)28-22(33)27-16-8-5-14(6-9-16)13(2)29-31-20(23)24/h5-12H,3-4H2,1-2H3,(H4,23,24,31)(H4,25,26,32)(H2,27,28,33)/b29-13+,30-19-. The molecule has 0 radical (unpaired) electrons. The minimum absolute atomic E-state index is 0.0980. The van der Waals surface area contributed by atoms with Crippen molar-refractivity contribution in [2.75, 3.05) is 10.6 Å². The number of amides is 2. The number of nitrogens with one attached hydrogen (secondary N) is 2. The molecule has 1 aliphatic rings. The van der Waals surface area contributed by atoms with Gasteiger partial charge >= 0.3 is 6.03 Å². The lowest BCUT2D eigenvalue weighted by molar-refractivity contribution is 0.262. The Bertz CT molecular complexity index is 1140. The van der Waals surface area contributed by atoms with E-state index < -0.39 is 0 Å². The lowest BCUT2D eigenvalue weighted by Gasteiger charge is -2.23. The summed E-state index contributed by atoms with van der Waals surface area (Å²) in [5.41, 5.74) is 27.0. The fraction of sp³-hybridized carbons (Fsp3) is 0.227. The first kappa shape index (κ1) is 23.3. The summed E-state index contributed by atoms with van der Waals surface area (Å²) in [7, 11) is 0. The van der Waals surface area contributed by atoms with Gasteiger partial charge < -0.3 is 33.6 Å². The van der Waals surface area contributed by atoms with Crippen molar-refractivity contribution in [3.8, 4) is 0 Å². The summed E-state index contributed by atoms with van der Waals surface area (Å²) in [5.74, 6) is -0.0167. The monoisotopic (exact) mass is 448 g/mol. The van der Waals surface area contributed by atoms with Crippen LogP contribution in [0.4, 0.5) is 16.2 Å². The Labute approximate surface area is 191 Å². The Hall–Kier alpha value is -4.41. The van der Waals surface area contributed by atoms with Crippen LogP contribution in [0, 0.1) is 5.92 Å². The molecule has 0 heterocycles. The Morgan fingerprint density at radius 2 is 1.55 bits per heavy atom. The predicted molar refractivity (Wildman–Crippen MR) is 133 cm³/mol. The second-order valence-corrected chi connectivity index (χ2v) is 7.69. The van der Waals surface area contributed by atoms with Crippen molar-refractivity contribution in [3.63, 3.8) is 0 Å². The number of nitrogens with two attached hydrogens (primary N) is 4. The molecule has 0 bridgehead atoms. The summed E-state index contributed by atoms with van der Waals surface area (Å²) in [6.45, 7) is 3.85. The van der Waals surface area contributed by atoms with Crippen molar-refractivity contribution in [2.24, 2.45) is 49.3 Å². The number of rotatable bonds is 5. The van der Waals surface area contributed by atoms with E-state index in [1.54, 1.807) is 19.1 Å². The number of urea groups is 1. The van der Waals surface area contributed by atoms with Gasteiger partial charge in [0, 0.05) is 22.9 Å². The molecule has 0 saturated carbocycles. The molecular formula is C22H28N10O. The van der Waals surface area contributed by atoms with E-state index in [4.69, 9.17) is 22.9 Å². The normalized spacial score (nSPS) is 16.5. The van der Waals surface area contributed by atoms with Crippen LogP contribution >= 0.6 is 0 Å². The highest BCUT2D eigenvalue weighted by atomic mass is 16.2. The van der Waals surface area contributed by atoms with E-state index >= 15 is 0 Å². The zero-order valence-electron chi connectivity index (χ0n) is 18.5. The maximum Gasteiger partial charge on any atom is 0.323 e. The molecule has 33 heavy (non-hydrogen) atoms. The third-order valence-electron chi connectivity index (χ3n) is 5.11. The van der Waals surface area contributed by atoms with Gasteiger partial charge in [-0.2, -0.15) is 10.2 Å². The minimum Gasteiger partial charge on any atom is -0.369 e. The number of carbonyl (C=O) groups excluding carboxylic acids is 1. The van der Waals surface area contributed by atoms with Gasteiger partial charge in [0.25, 0.3) is 0 Å². The fourth-order valence-corrected chi connectivity index (χ4v) is 3.43. The van der Waals surface area contributed by atoms with Crippen molar-refractivity contribution in [1.82, 2.24) is 0 Å². The second-order valence-electron chi connectivity index (χ2n) is 7.69. The Morgan fingerprint density at radius 3 is 2.21 bits per heavy atom. The van der Waals surface area contributed by atoms with Gasteiger partial charge in [0.2, 0.25) is 11.9 Å². The average molecular weight is 449 g/mol. The number of anilines is 2. The van der Waals surface area contributed by atoms with Crippen molar-refractivity contribution < 1.29 is 4.79 Å². The summed E-state index contributed by atoms with van der Waals surface area (Å²) in [6, 6.07) is 12.5. The lowest BCUT2D eigenvalue weighted by Crippen LogP contribution is -2.25. The van der Waals surface area contributed by atoms with Crippen LogP contribution in [0.5, 0.6) is 0 Å². The first-order valence-electron chi connectivity index (χ1n) is 10.3. The molecule has 0 aromatic heterocycles. The van der Waals surface area contributed by atoms with E-state index in [0.717, 1.165) is 35.2 Å². The molecular weight excluding hydrogens is 420 g/mol. The van der Waals surface area contributed by atoms with Crippen LogP contribution in [-0.2, 0) is 6.42 Å². The van der Waals surface area contributed by atoms with Crippen molar-refractivity contribution in [3.05, 3.63) is 59.2 Å². The average Bonchev–Trinajstić information content (AvgIpc) is 2.77. The number of aryl methyl sites for hydroxylation is 1. The van der Waals surface area contributed by atoms with E-state index in [1.807, 2.05) is 30.3 Å². The summed E-state index contributed by atoms with van der Waals surface area (Å²) in [6.07, 6.45) is 1.87. The first-order valence-corrected chi connectivity index (χ1v) is 10.3. The molecule has 0 spiro atoms. The number of fused-ring (bicyclic) bond motifs is 1. The third kappa shape index (κ3) is 6.29. The van der Waals surface area contributed by atoms with E-state index in [1.165, 1.54) is 0 Å². The lowest BCUT2D eigenvalue weighted by atomic mass is 9.83. The Kier molecular flexibility index (Phi) is 7.24. The zero-order chi connectivity index (χ0) is 24.0. The van der Waals surface area contributed by atoms with Gasteiger partial charge in [-0.05, 0) is 55.2 Å². The SMILES string of the molecule is C/C(=N\N=C(N)N)c1ccc(NC(=O)Nc2ccc3c(c2)/C(=N\N=C(N)N)C(C)CC3)cc1. The summed E-state index contributed by atoms with van der Waals surface area (Å²) in [5, 5.41) is 21.3. The zero-order valence-corrected chi connectivity index (χ0v) is 18.5. The molecule has 1 atom stereocenters. The highest BCUT2D eigenvalue weighted by Crippen LogP contribution is 2.28. The fourth-order valence-electron chi connectivity index (χ4n) is 3.43. The van der Waals surface area contributed by atoms with Gasteiger partial charge in [0.1, 0.15) is 0 Å². The number of nitrogens with zero attached hydrogens (tertiary/aromatic N) is 4. The molecule has 2 aromatic rings. The summed E-state index contributed by atoms with van der Waals surface area (Å²) < 4.78 is 0. The van der Waals surface area contributed by atoms with E-state index in [0.29, 0.717) is 17.1 Å². The largest absolute Gasteiger partial charge is 0.369 e. The van der Waals surface area contributed by atoms with E-state index in [-0.39, 0.29) is 23.9 Å². The number of hydrogen-bond donors (Lipinski definition) is 6. The molecule has 11 nitrogen and oxygen atoms in total. The van der Waals surface area contributed by atoms with Crippen LogP contribution in [0.2, 0.25) is 0 Å². The van der Waals surface area contributed by atoms with E-state index in [9.17, 15) is 4.79 Å². The van der Waals surface area contributed by atoms with Crippen molar-refractivity contribution in [1.29, 1.82) is 0 Å². The maximum atomic E-state index is 12.5. The van der Waals surface area contributed by atoms with Crippen LogP contribution < -0.4 is 33.6 Å². The smallest absolute Gasteiger partial charge is 0.323 e. The number of benzene rings is 2. The topological polar surface area (TPSA) is 195 Å². The maximum absolute atomic E-state index is 12.5. The number of guanidine groups is 2. The molecule has 10 N–H and O–H groups in total. The molecule has 172 valence electrons. The number of hydrogen-bond acceptors (Lipinski definition) is 5. The Balaban J connectivity index is 1.71. The van der Waals surface area contributed by atoms with Gasteiger partial charge in [-0.1, -0.05) is 25.1 Å². The summed E-state index contributed by atoms with van der Waals surface area (Å²) in [4.78, 5) is 12.5. The quantitative estimate of drug-likeness (QED) is 0.230. The third-order valence-corrected chi connectivity index (χ3v) is 5.11. The minimum atomic E-state index is -0.375. The predicted octanol–water partition coefficient (Wildman–Crippen LogP) is 1.89. The molecule has 3 rings (SSSR count). The van der Waals surface area contributed by atoms with Gasteiger partial charge in [0.05, 0.1) is 11.4 Å². The highest BCUT2D eigenvalue weighted by Gasteiger charge is 2.23. The molecule has 1 aliphatic carbocycles. The molecule has 2 aromatic carbocycles. The van der Waals surface area contributed by atoms with Crippen LogP contribution in [0.1, 0.15) is 37.0 Å². The molecule has 2 amide bonds. The molecule has 0 aliphatic heterocycles. The molecule has 11 heteroatoms. The van der Waals surface area contributed by atoms with Crippen LogP contribution in [0.25, 0.3) is 0 Å². The van der Waals surface area contributed by atoms with Gasteiger partial charge in [-0.15, -0.1) is 10.2 Å². The number of carbonyl (C=O) groups is 1. The second kappa shape index (κ2) is 10.3. The first-order chi connectivity index (χ1) is 15.7. The van der Waals surface area contributed by atoms with Gasteiger partial charge in [-0.25, -0.2) is 4.79 Å². The summed E-state index contributed by atoms with van der Waals surface area (Å²) >= 11 is 0. The van der Waals surface area contributed by atoms with Crippen molar-refractivity contribution >= 4 is 40.7 Å².